The molecule has 0 aliphatic rings. The van der Waals surface area contributed by atoms with E-state index in [2.05, 4.69) is 0 Å². The molecule has 0 unspecified atom stereocenters. The van der Waals surface area contributed by atoms with E-state index in [1.165, 1.54) is 6.08 Å². The molecule has 0 aromatic heterocycles. The lowest BCUT2D eigenvalue weighted by Crippen LogP contribution is -2.09. The molecule has 0 saturated heterocycles. The van der Waals surface area contributed by atoms with E-state index in [9.17, 15) is 9.90 Å². The first kappa shape index (κ1) is 11.7. The summed E-state index contributed by atoms with van der Waals surface area (Å²) in [6.45, 7) is 1.86. The number of hydrogen-bond acceptors (Lipinski definition) is 2. The van der Waals surface area contributed by atoms with E-state index in [0.29, 0.717) is 6.42 Å². The summed E-state index contributed by atoms with van der Waals surface area (Å²) < 4.78 is 0. The minimum absolute atomic E-state index is 0.0341. The largest absolute Gasteiger partial charge is 0.393 e. The van der Waals surface area contributed by atoms with Crippen molar-refractivity contribution in [2.75, 3.05) is 0 Å². The van der Waals surface area contributed by atoms with Crippen LogP contribution in [-0.4, -0.2) is 17.0 Å². The molecule has 1 rings (SSSR count). The lowest BCUT2D eigenvalue weighted by molar-refractivity contribution is -0.116. The van der Waals surface area contributed by atoms with Crippen LogP contribution >= 0.6 is 0 Å². The molecule has 0 amide bonds. The fourth-order valence-corrected chi connectivity index (χ4v) is 1.20. The maximum absolute atomic E-state index is 11.3. The first-order valence-corrected chi connectivity index (χ1v) is 5.16. The van der Waals surface area contributed by atoms with E-state index in [4.69, 9.17) is 0 Å². The molecule has 15 heavy (non-hydrogen) atoms. The van der Waals surface area contributed by atoms with Crippen molar-refractivity contribution in [1.29, 1.82) is 0 Å². The monoisotopic (exact) mass is 204 g/mol. The van der Waals surface area contributed by atoms with E-state index >= 15 is 0 Å². The summed E-state index contributed by atoms with van der Waals surface area (Å²) in [4.78, 5) is 11.3. The second-order valence-corrected chi connectivity index (χ2v) is 3.48. The normalized spacial score (nSPS) is 12.9. The quantitative estimate of drug-likeness (QED) is 0.748. The number of allylic oxidation sites excluding steroid dienone is 1. The Kier molecular flexibility index (Phi) is 4.78. The third-order valence-corrected chi connectivity index (χ3v) is 2.17. The van der Waals surface area contributed by atoms with Crippen molar-refractivity contribution in [2.24, 2.45) is 0 Å². The van der Waals surface area contributed by atoms with Crippen LogP contribution in [-0.2, 0) is 4.79 Å². The molecule has 1 aromatic carbocycles. The Morgan fingerprint density at radius 1 is 1.40 bits per heavy atom. The zero-order chi connectivity index (χ0) is 11.1. The van der Waals surface area contributed by atoms with Crippen LogP contribution in [0, 0.1) is 0 Å². The number of aliphatic hydroxyl groups excluding tert-OH is 1. The van der Waals surface area contributed by atoms with Crippen LogP contribution in [0.2, 0.25) is 0 Å². The summed E-state index contributed by atoms with van der Waals surface area (Å²) in [5.41, 5.74) is 0.997. The second kappa shape index (κ2) is 6.14. The molecule has 0 heterocycles. The maximum atomic E-state index is 11.3. The minimum Gasteiger partial charge on any atom is -0.393 e. The van der Waals surface area contributed by atoms with Crippen molar-refractivity contribution in [1.82, 2.24) is 0 Å². The van der Waals surface area contributed by atoms with Crippen LogP contribution in [0.3, 0.4) is 0 Å². The van der Waals surface area contributed by atoms with Gasteiger partial charge in [0.25, 0.3) is 0 Å². The van der Waals surface area contributed by atoms with E-state index in [0.717, 1.165) is 5.56 Å². The second-order valence-electron chi connectivity index (χ2n) is 3.48. The van der Waals surface area contributed by atoms with Gasteiger partial charge in [-0.05, 0) is 18.1 Å². The van der Waals surface area contributed by atoms with Crippen LogP contribution in [0.15, 0.2) is 36.4 Å². The molecule has 0 fully saturated rings. The molecule has 0 aliphatic heterocycles. The molecule has 2 heteroatoms. The zero-order valence-corrected chi connectivity index (χ0v) is 8.89. The molecule has 0 spiro atoms. The molecule has 2 nitrogen and oxygen atoms in total. The topological polar surface area (TPSA) is 37.3 Å². The SMILES string of the molecule is CC[C@H](O)CC(=O)/C=C/c1ccccc1. The van der Waals surface area contributed by atoms with E-state index in [1.54, 1.807) is 6.08 Å². The first-order chi connectivity index (χ1) is 7.22. The van der Waals surface area contributed by atoms with Gasteiger partial charge < -0.3 is 5.11 Å². The molecular formula is C13H16O2. The first-order valence-electron chi connectivity index (χ1n) is 5.16. The van der Waals surface area contributed by atoms with Crippen LogP contribution in [0.5, 0.6) is 0 Å². The summed E-state index contributed by atoms with van der Waals surface area (Å²) >= 11 is 0. The highest BCUT2D eigenvalue weighted by Gasteiger charge is 2.04. The number of carbonyl (C=O) groups excluding carboxylic acids is 1. The fraction of sp³-hybridized carbons (Fsp3) is 0.308. The molecule has 0 bridgehead atoms. The highest BCUT2D eigenvalue weighted by Crippen LogP contribution is 2.03. The molecular weight excluding hydrogens is 188 g/mol. The Hall–Kier alpha value is -1.41. The predicted molar refractivity (Wildman–Crippen MR) is 61.4 cm³/mol. The van der Waals surface area contributed by atoms with Crippen molar-refractivity contribution in [3.8, 4) is 0 Å². The number of carbonyl (C=O) groups is 1. The number of aliphatic hydroxyl groups is 1. The van der Waals surface area contributed by atoms with Gasteiger partial charge in [0.1, 0.15) is 0 Å². The zero-order valence-electron chi connectivity index (χ0n) is 8.89. The number of ketones is 1. The van der Waals surface area contributed by atoms with Crippen LogP contribution < -0.4 is 0 Å². The van der Waals surface area contributed by atoms with Crippen molar-refractivity contribution in [3.63, 3.8) is 0 Å². The summed E-state index contributed by atoms with van der Waals surface area (Å²) in [5.74, 6) is -0.0341. The van der Waals surface area contributed by atoms with Gasteiger partial charge in [0, 0.05) is 6.42 Å². The highest BCUT2D eigenvalue weighted by molar-refractivity contribution is 5.93. The van der Waals surface area contributed by atoms with Gasteiger partial charge in [0.05, 0.1) is 6.10 Å². The lowest BCUT2D eigenvalue weighted by atomic mass is 10.1. The third-order valence-electron chi connectivity index (χ3n) is 2.17. The smallest absolute Gasteiger partial charge is 0.158 e. The minimum atomic E-state index is -0.516. The number of benzene rings is 1. The molecule has 0 aliphatic carbocycles. The van der Waals surface area contributed by atoms with Gasteiger partial charge in [-0.25, -0.2) is 0 Å². The van der Waals surface area contributed by atoms with Crippen molar-refractivity contribution >= 4 is 11.9 Å². The van der Waals surface area contributed by atoms with Gasteiger partial charge in [-0.3, -0.25) is 4.79 Å². The van der Waals surface area contributed by atoms with Crippen LogP contribution in [0.1, 0.15) is 25.3 Å². The fourth-order valence-electron chi connectivity index (χ4n) is 1.20. The third kappa shape index (κ3) is 4.56. The standard InChI is InChI=1S/C13H16O2/c1-2-12(14)10-13(15)9-8-11-6-4-3-5-7-11/h3-9,12,14H,2,10H2,1H3/b9-8+/t12-/m0/s1. The molecule has 1 N–H and O–H groups in total. The maximum Gasteiger partial charge on any atom is 0.158 e. The molecule has 0 saturated carbocycles. The van der Waals surface area contributed by atoms with Gasteiger partial charge in [0.15, 0.2) is 5.78 Å². The molecule has 80 valence electrons. The Labute approximate surface area is 90.3 Å². The van der Waals surface area contributed by atoms with E-state index < -0.39 is 6.10 Å². The molecule has 0 radical (unpaired) electrons. The van der Waals surface area contributed by atoms with Gasteiger partial charge in [-0.1, -0.05) is 43.3 Å². The summed E-state index contributed by atoms with van der Waals surface area (Å²) in [5, 5.41) is 9.27. The van der Waals surface area contributed by atoms with Gasteiger partial charge in [-0.15, -0.1) is 0 Å². The summed E-state index contributed by atoms with van der Waals surface area (Å²) in [7, 11) is 0. The Morgan fingerprint density at radius 2 is 2.07 bits per heavy atom. The predicted octanol–water partition coefficient (Wildman–Crippen LogP) is 2.43. The van der Waals surface area contributed by atoms with Crippen LogP contribution in [0.25, 0.3) is 6.08 Å². The van der Waals surface area contributed by atoms with Crippen molar-refractivity contribution < 1.29 is 9.90 Å². The average molecular weight is 204 g/mol. The number of hydrogen-bond donors (Lipinski definition) is 1. The Balaban J connectivity index is 2.48. The van der Waals surface area contributed by atoms with Gasteiger partial charge in [0.2, 0.25) is 0 Å². The van der Waals surface area contributed by atoms with Gasteiger partial charge >= 0.3 is 0 Å². The van der Waals surface area contributed by atoms with Crippen molar-refractivity contribution in [3.05, 3.63) is 42.0 Å². The van der Waals surface area contributed by atoms with Crippen molar-refractivity contribution in [2.45, 2.75) is 25.9 Å². The Bertz CT molecular complexity index is 328. The van der Waals surface area contributed by atoms with Gasteiger partial charge in [-0.2, -0.15) is 0 Å². The summed E-state index contributed by atoms with van der Waals surface area (Å²) in [6.07, 6.45) is 3.60. The molecule has 1 atom stereocenters. The Morgan fingerprint density at radius 3 is 2.67 bits per heavy atom. The lowest BCUT2D eigenvalue weighted by Gasteiger charge is -2.02. The van der Waals surface area contributed by atoms with Crippen LogP contribution in [0.4, 0.5) is 0 Å². The summed E-state index contributed by atoms with van der Waals surface area (Å²) in [6, 6.07) is 9.64. The average Bonchev–Trinajstić information content (AvgIpc) is 2.27. The highest BCUT2D eigenvalue weighted by atomic mass is 16.3. The number of rotatable bonds is 5. The van der Waals surface area contributed by atoms with E-state index in [1.807, 2.05) is 37.3 Å². The van der Waals surface area contributed by atoms with E-state index in [-0.39, 0.29) is 12.2 Å². The molecule has 1 aromatic rings.